The monoisotopic (exact) mass is 329 g/mol. The van der Waals surface area contributed by atoms with E-state index in [1.165, 1.54) is 32.7 Å². The van der Waals surface area contributed by atoms with Crippen LogP contribution in [0, 0.1) is 0 Å². The number of rotatable bonds is 0. The van der Waals surface area contributed by atoms with Gasteiger partial charge in [0.2, 0.25) is 0 Å². The number of fused-ring (bicyclic) bond motifs is 5. The Labute approximate surface area is 148 Å². The first kappa shape index (κ1) is 15.9. The molecule has 1 aliphatic rings. The van der Waals surface area contributed by atoms with E-state index in [0.717, 1.165) is 12.8 Å². The van der Waals surface area contributed by atoms with E-state index in [2.05, 4.69) is 59.9 Å². The zero-order valence-electron chi connectivity index (χ0n) is 14.5. The maximum Gasteiger partial charge on any atom is 0.0902 e. The summed E-state index contributed by atoms with van der Waals surface area (Å²) in [5, 5.41) is 5.42. The molecule has 2 N–H and O–H groups in total. The molecule has 126 valence electrons. The van der Waals surface area contributed by atoms with Gasteiger partial charge in [-0.2, -0.15) is 0 Å². The van der Waals surface area contributed by atoms with Crippen molar-refractivity contribution >= 4 is 21.5 Å². The van der Waals surface area contributed by atoms with E-state index in [4.69, 9.17) is 5.73 Å². The molecule has 0 fully saturated rings. The third-order valence-electron chi connectivity index (χ3n) is 5.15. The van der Waals surface area contributed by atoms with Crippen molar-refractivity contribution in [2.24, 2.45) is 5.73 Å². The Balaban J connectivity index is 0.000000272. The molecule has 0 amide bonds. The van der Waals surface area contributed by atoms with Crippen LogP contribution in [0.5, 0.6) is 0 Å². The highest BCUT2D eigenvalue weighted by Gasteiger charge is 2.23. The summed E-state index contributed by atoms with van der Waals surface area (Å²) in [4.78, 5) is 0. The van der Waals surface area contributed by atoms with Gasteiger partial charge < -0.3 is 10.2 Å². The zero-order chi connectivity index (χ0) is 17.2. The largest absolute Gasteiger partial charge is 0.473 e. The summed E-state index contributed by atoms with van der Waals surface area (Å²) >= 11 is 0. The van der Waals surface area contributed by atoms with E-state index >= 15 is 0 Å². The molecule has 2 heteroatoms. The Bertz CT molecular complexity index is 971. The first-order chi connectivity index (χ1) is 12.2. The molecule has 0 aliphatic heterocycles. The summed E-state index contributed by atoms with van der Waals surface area (Å²) < 4.78 is 4.58. The molecule has 0 saturated heterocycles. The number of benzene rings is 3. The van der Waals surface area contributed by atoms with Crippen molar-refractivity contribution < 1.29 is 4.42 Å². The fourth-order valence-electron chi connectivity index (χ4n) is 4.01. The first-order valence-corrected chi connectivity index (χ1v) is 8.90. The predicted molar refractivity (Wildman–Crippen MR) is 105 cm³/mol. The lowest BCUT2D eigenvalue weighted by Gasteiger charge is -2.28. The van der Waals surface area contributed by atoms with Crippen molar-refractivity contribution in [2.45, 2.75) is 31.7 Å². The molecule has 5 rings (SSSR count). The molecule has 1 aromatic heterocycles. The van der Waals surface area contributed by atoms with Gasteiger partial charge in [-0.25, -0.2) is 0 Å². The Morgan fingerprint density at radius 3 is 2.36 bits per heavy atom. The number of hydrogen-bond donors (Lipinski definition) is 1. The van der Waals surface area contributed by atoms with Crippen LogP contribution in [0.15, 0.2) is 77.6 Å². The molecule has 0 radical (unpaired) electrons. The molecule has 0 bridgehead atoms. The van der Waals surface area contributed by atoms with Crippen LogP contribution < -0.4 is 5.73 Å². The van der Waals surface area contributed by atoms with E-state index < -0.39 is 0 Å². The van der Waals surface area contributed by atoms with Gasteiger partial charge in [-0.05, 0) is 63.6 Å². The van der Waals surface area contributed by atoms with Gasteiger partial charge in [0.15, 0.2) is 0 Å². The molecule has 0 spiro atoms. The van der Waals surface area contributed by atoms with Crippen LogP contribution in [0.3, 0.4) is 0 Å². The van der Waals surface area contributed by atoms with Crippen molar-refractivity contribution in [3.63, 3.8) is 0 Å². The standard InChI is InChI=1S/C19H19N.C4H4O/c1-12-10-14(20)11-19-15(12)8-9-17-16-5-3-2-4-13(16)6-7-18(17)19;1-2-4-5-3-1/h2-9,12,14H,10-11,20H2,1H3;1-4H. The summed E-state index contributed by atoms with van der Waals surface area (Å²) in [7, 11) is 0. The third kappa shape index (κ3) is 3.06. The molecule has 25 heavy (non-hydrogen) atoms. The van der Waals surface area contributed by atoms with Crippen LogP contribution in [0.4, 0.5) is 0 Å². The summed E-state index contributed by atoms with van der Waals surface area (Å²) in [6.45, 7) is 2.30. The molecule has 2 nitrogen and oxygen atoms in total. The third-order valence-corrected chi connectivity index (χ3v) is 5.15. The van der Waals surface area contributed by atoms with Crippen LogP contribution in [-0.2, 0) is 6.42 Å². The quantitative estimate of drug-likeness (QED) is 0.423. The SMILES string of the molecule is CC1CC(N)Cc2c1ccc1c2ccc2ccccc21.c1ccoc1. The number of furan rings is 1. The van der Waals surface area contributed by atoms with Crippen molar-refractivity contribution in [1.82, 2.24) is 0 Å². The topological polar surface area (TPSA) is 39.2 Å². The molecule has 0 saturated carbocycles. The first-order valence-electron chi connectivity index (χ1n) is 8.90. The van der Waals surface area contributed by atoms with Crippen molar-refractivity contribution in [3.05, 3.63) is 84.3 Å². The molecular formula is C23H23NO. The lowest BCUT2D eigenvalue weighted by Crippen LogP contribution is -2.29. The van der Waals surface area contributed by atoms with Gasteiger partial charge in [-0.3, -0.25) is 0 Å². The Morgan fingerprint density at radius 1 is 0.840 bits per heavy atom. The van der Waals surface area contributed by atoms with Crippen molar-refractivity contribution in [1.29, 1.82) is 0 Å². The predicted octanol–water partition coefficient (Wildman–Crippen LogP) is 5.65. The molecule has 3 aromatic carbocycles. The van der Waals surface area contributed by atoms with E-state index in [1.54, 1.807) is 12.5 Å². The molecule has 2 unspecified atom stereocenters. The van der Waals surface area contributed by atoms with Gasteiger partial charge in [0.25, 0.3) is 0 Å². The van der Waals surface area contributed by atoms with E-state index in [0.29, 0.717) is 12.0 Å². The molecule has 1 aliphatic carbocycles. The van der Waals surface area contributed by atoms with Gasteiger partial charge in [0.1, 0.15) is 0 Å². The highest BCUT2D eigenvalue weighted by molar-refractivity contribution is 6.08. The fraction of sp³-hybridized carbons (Fsp3) is 0.217. The molecule has 4 aromatic rings. The summed E-state index contributed by atoms with van der Waals surface area (Å²) in [6, 6.07) is 21.7. The maximum atomic E-state index is 6.24. The summed E-state index contributed by atoms with van der Waals surface area (Å²) in [5.41, 5.74) is 9.21. The fourth-order valence-corrected chi connectivity index (χ4v) is 4.01. The lowest BCUT2D eigenvalue weighted by molar-refractivity contribution is 0.515. The Hall–Kier alpha value is -2.58. The van der Waals surface area contributed by atoms with E-state index in [-0.39, 0.29) is 0 Å². The zero-order valence-corrected chi connectivity index (χ0v) is 14.5. The van der Waals surface area contributed by atoms with Crippen LogP contribution in [0.25, 0.3) is 21.5 Å². The Morgan fingerprint density at radius 2 is 1.60 bits per heavy atom. The van der Waals surface area contributed by atoms with Crippen LogP contribution in [0.2, 0.25) is 0 Å². The minimum Gasteiger partial charge on any atom is -0.473 e. The van der Waals surface area contributed by atoms with E-state index in [9.17, 15) is 0 Å². The minimum absolute atomic E-state index is 0.301. The van der Waals surface area contributed by atoms with Gasteiger partial charge in [-0.15, -0.1) is 0 Å². The Kier molecular flexibility index (Phi) is 4.29. The van der Waals surface area contributed by atoms with E-state index in [1.807, 2.05) is 12.1 Å². The molecule has 1 heterocycles. The normalized spacial score (nSPS) is 19.3. The van der Waals surface area contributed by atoms with Crippen LogP contribution in [-0.4, -0.2) is 6.04 Å². The maximum absolute atomic E-state index is 6.24. The van der Waals surface area contributed by atoms with Gasteiger partial charge in [-0.1, -0.05) is 55.5 Å². The highest BCUT2D eigenvalue weighted by Crippen LogP contribution is 2.37. The molecular weight excluding hydrogens is 306 g/mol. The number of nitrogens with two attached hydrogens (primary N) is 1. The summed E-state index contributed by atoms with van der Waals surface area (Å²) in [5.74, 6) is 0.574. The van der Waals surface area contributed by atoms with Gasteiger partial charge in [0.05, 0.1) is 12.5 Å². The van der Waals surface area contributed by atoms with Crippen LogP contribution >= 0.6 is 0 Å². The average Bonchev–Trinajstić information content (AvgIpc) is 3.21. The second-order valence-corrected chi connectivity index (χ2v) is 6.91. The van der Waals surface area contributed by atoms with Gasteiger partial charge >= 0.3 is 0 Å². The smallest absolute Gasteiger partial charge is 0.0902 e. The van der Waals surface area contributed by atoms with Crippen molar-refractivity contribution in [3.8, 4) is 0 Å². The average molecular weight is 329 g/mol. The second-order valence-electron chi connectivity index (χ2n) is 6.91. The van der Waals surface area contributed by atoms with Crippen LogP contribution in [0.1, 0.15) is 30.4 Å². The summed E-state index contributed by atoms with van der Waals surface area (Å²) in [6.07, 6.45) is 5.36. The second kappa shape index (κ2) is 6.73. The number of hydrogen-bond acceptors (Lipinski definition) is 2. The minimum atomic E-state index is 0.301. The highest BCUT2D eigenvalue weighted by atomic mass is 16.3. The van der Waals surface area contributed by atoms with Crippen molar-refractivity contribution in [2.75, 3.05) is 0 Å². The van der Waals surface area contributed by atoms with Gasteiger partial charge in [0, 0.05) is 6.04 Å². The molecule has 2 atom stereocenters. The lowest BCUT2D eigenvalue weighted by atomic mass is 9.79.